The van der Waals surface area contributed by atoms with Crippen molar-refractivity contribution >= 4 is 11.4 Å². The van der Waals surface area contributed by atoms with Gasteiger partial charge in [0, 0.05) is 12.7 Å². The first-order valence-corrected chi connectivity index (χ1v) is 7.55. The quantitative estimate of drug-likeness (QED) is 0.802. The van der Waals surface area contributed by atoms with E-state index in [4.69, 9.17) is 5.73 Å². The van der Waals surface area contributed by atoms with E-state index in [9.17, 15) is 0 Å². The first-order chi connectivity index (χ1) is 11.1. The molecule has 0 unspecified atom stereocenters. The van der Waals surface area contributed by atoms with Gasteiger partial charge in [-0.1, -0.05) is 36.9 Å². The lowest BCUT2D eigenvalue weighted by Gasteiger charge is -2.14. The monoisotopic (exact) mass is 305 g/mol. The minimum Gasteiger partial charge on any atom is -0.405 e. The Morgan fingerprint density at radius 2 is 1.78 bits per heavy atom. The molecule has 0 spiro atoms. The molecule has 0 aliphatic rings. The summed E-state index contributed by atoms with van der Waals surface area (Å²) in [5.74, 6) is 0. The van der Waals surface area contributed by atoms with Gasteiger partial charge in [0.1, 0.15) is 0 Å². The molecule has 23 heavy (non-hydrogen) atoms. The van der Waals surface area contributed by atoms with E-state index in [1.165, 1.54) is 28.5 Å². The first kappa shape index (κ1) is 16.6. The zero-order valence-electron chi connectivity index (χ0n) is 13.9. The summed E-state index contributed by atoms with van der Waals surface area (Å²) in [5, 5.41) is 3.28. The van der Waals surface area contributed by atoms with Crippen molar-refractivity contribution in [2.24, 2.45) is 10.7 Å². The number of anilines is 1. The summed E-state index contributed by atoms with van der Waals surface area (Å²) in [6.45, 7) is 8.26. The first-order valence-electron chi connectivity index (χ1n) is 7.55. The van der Waals surface area contributed by atoms with Crippen LogP contribution < -0.4 is 11.1 Å². The summed E-state index contributed by atoms with van der Waals surface area (Å²) in [6, 6.07) is 14.7. The van der Waals surface area contributed by atoms with E-state index in [1.54, 1.807) is 13.1 Å². The molecule has 3 nitrogen and oxygen atoms in total. The number of nitrogens with two attached hydrogens (primary N) is 1. The number of hydrogen-bond donors (Lipinski definition) is 2. The standard InChI is InChI=1S/C20H23N3/c1-14-7-5-6-8-18(14)19-10-9-17(13-15(19)2)23-16(3)20(22-4)11-12-21/h5-13,23H,3,21H2,1-2,4H3. The molecule has 0 fully saturated rings. The molecule has 0 heterocycles. The highest BCUT2D eigenvalue weighted by atomic mass is 14.9. The van der Waals surface area contributed by atoms with Crippen LogP contribution in [0, 0.1) is 13.8 Å². The molecule has 2 rings (SSSR count). The van der Waals surface area contributed by atoms with Gasteiger partial charge in [-0.3, -0.25) is 4.99 Å². The van der Waals surface area contributed by atoms with E-state index < -0.39 is 0 Å². The molecule has 0 atom stereocenters. The minimum absolute atomic E-state index is 0.720. The third-order valence-corrected chi connectivity index (χ3v) is 3.76. The molecule has 0 aromatic heterocycles. The fraction of sp³-hybridized carbons (Fsp3) is 0.150. The fourth-order valence-corrected chi connectivity index (χ4v) is 2.56. The second-order valence-electron chi connectivity index (χ2n) is 5.42. The number of aryl methyl sites for hydroxylation is 2. The summed E-state index contributed by atoms with van der Waals surface area (Å²) in [6.07, 6.45) is 3.19. The Morgan fingerprint density at radius 3 is 2.39 bits per heavy atom. The molecule has 0 bridgehead atoms. The second-order valence-corrected chi connectivity index (χ2v) is 5.42. The largest absolute Gasteiger partial charge is 0.405 e. The van der Waals surface area contributed by atoms with Crippen LogP contribution in [0.25, 0.3) is 11.1 Å². The SMILES string of the molecule is C=C(Nc1ccc(-c2ccccc2C)c(C)c1)C(C=CN)=NC. The summed E-state index contributed by atoms with van der Waals surface area (Å²) in [5.41, 5.74) is 12.8. The molecule has 3 N–H and O–H groups in total. The lowest BCUT2D eigenvalue weighted by molar-refractivity contribution is 1.38. The Bertz CT molecular complexity index is 770. The van der Waals surface area contributed by atoms with Crippen LogP contribution in [0.4, 0.5) is 5.69 Å². The lowest BCUT2D eigenvalue weighted by Crippen LogP contribution is -2.09. The Hall–Kier alpha value is -2.81. The van der Waals surface area contributed by atoms with Crippen LogP contribution in [0.5, 0.6) is 0 Å². The van der Waals surface area contributed by atoms with Crippen LogP contribution in [0.3, 0.4) is 0 Å². The van der Waals surface area contributed by atoms with Crippen molar-refractivity contribution in [3.63, 3.8) is 0 Å². The third-order valence-electron chi connectivity index (χ3n) is 3.76. The van der Waals surface area contributed by atoms with Crippen LogP contribution in [-0.4, -0.2) is 12.8 Å². The zero-order valence-corrected chi connectivity index (χ0v) is 13.9. The summed E-state index contributed by atoms with van der Waals surface area (Å²) in [7, 11) is 1.72. The van der Waals surface area contributed by atoms with Crippen molar-refractivity contribution in [2.75, 3.05) is 12.4 Å². The van der Waals surface area contributed by atoms with E-state index in [0.29, 0.717) is 0 Å². The van der Waals surface area contributed by atoms with Crippen LogP contribution in [0.2, 0.25) is 0 Å². The molecule has 0 saturated carbocycles. The molecular weight excluding hydrogens is 282 g/mol. The molecule has 3 heteroatoms. The van der Waals surface area contributed by atoms with Gasteiger partial charge in [0.05, 0.1) is 11.4 Å². The van der Waals surface area contributed by atoms with Gasteiger partial charge < -0.3 is 11.1 Å². The van der Waals surface area contributed by atoms with Crippen molar-refractivity contribution < 1.29 is 0 Å². The Labute approximate surface area is 138 Å². The highest BCUT2D eigenvalue weighted by Crippen LogP contribution is 2.28. The van der Waals surface area contributed by atoms with Crippen LogP contribution in [-0.2, 0) is 0 Å². The Kier molecular flexibility index (Phi) is 5.36. The zero-order chi connectivity index (χ0) is 16.8. The van der Waals surface area contributed by atoms with E-state index in [0.717, 1.165) is 17.1 Å². The average molecular weight is 305 g/mol. The number of aliphatic imine (C=N–C) groups is 1. The topological polar surface area (TPSA) is 50.4 Å². The molecule has 118 valence electrons. The summed E-state index contributed by atoms with van der Waals surface area (Å²) < 4.78 is 0. The maximum absolute atomic E-state index is 5.43. The number of hydrogen-bond acceptors (Lipinski definition) is 3. The predicted molar refractivity (Wildman–Crippen MR) is 101 cm³/mol. The van der Waals surface area contributed by atoms with E-state index in [1.807, 2.05) is 0 Å². The van der Waals surface area contributed by atoms with E-state index in [2.05, 4.69) is 73.2 Å². The van der Waals surface area contributed by atoms with Gasteiger partial charge in [0.15, 0.2) is 0 Å². The summed E-state index contributed by atoms with van der Waals surface area (Å²) >= 11 is 0. The highest BCUT2D eigenvalue weighted by molar-refractivity contribution is 6.09. The second kappa shape index (κ2) is 7.45. The number of rotatable bonds is 5. The van der Waals surface area contributed by atoms with Gasteiger partial charge >= 0.3 is 0 Å². The molecule has 2 aromatic rings. The molecule has 0 radical (unpaired) electrons. The molecule has 0 aliphatic carbocycles. The highest BCUT2D eigenvalue weighted by Gasteiger charge is 2.07. The van der Waals surface area contributed by atoms with Gasteiger partial charge in [-0.15, -0.1) is 0 Å². The van der Waals surface area contributed by atoms with Gasteiger partial charge in [0.2, 0.25) is 0 Å². The third kappa shape index (κ3) is 3.89. The number of nitrogens with zero attached hydrogens (tertiary/aromatic N) is 1. The maximum atomic E-state index is 5.43. The predicted octanol–water partition coefficient (Wildman–Crippen LogP) is 4.44. The smallest absolute Gasteiger partial charge is 0.0813 e. The van der Waals surface area contributed by atoms with Gasteiger partial charge in [-0.05, 0) is 60.5 Å². The Balaban J connectivity index is 2.27. The minimum atomic E-state index is 0.720. The van der Waals surface area contributed by atoms with Crippen molar-refractivity contribution in [3.8, 4) is 11.1 Å². The average Bonchev–Trinajstić information content (AvgIpc) is 2.53. The van der Waals surface area contributed by atoms with Crippen molar-refractivity contribution in [3.05, 3.63) is 78.1 Å². The maximum Gasteiger partial charge on any atom is 0.0813 e. The number of nitrogens with one attached hydrogen (secondary N) is 1. The van der Waals surface area contributed by atoms with Gasteiger partial charge in [-0.25, -0.2) is 0 Å². The van der Waals surface area contributed by atoms with Crippen LogP contribution in [0.1, 0.15) is 11.1 Å². The molecule has 0 aliphatic heterocycles. The fourth-order valence-electron chi connectivity index (χ4n) is 2.56. The van der Waals surface area contributed by atoms with Crippen molar-refractivity contribution in [1.82, 2.24) is 0 Å². The Morgan fingerprint density at radius 1 is 1.09 bits per heavy atom. The molecular formula is C20H23N3. The summed E-state index contributed by atoms with van der Waals surface area (Å²) in [4.78, 5) is 4.16. The van der Waals surface area contributed by atoms with Crippen LogP contribution >= 0.6 is 0 Å². The number of benzene rings is 2. The van der Waals surface area contributed by atoms with Crippen molar-refractivity contribution in [1.29, 1.82) is 0 Å². The lowest BCUT2D eigenvalue weighted by atomic mass is 9.96. The number of allylic oxidation sites excluding steroid dienone is 1. The van der Waals surface area contributed by atoms with E-state index >= 15 is 0 Å². The molecule has 0 amide bonds. The van der Waals surface area contributed by atoms with Crippen molar-refractivity contribution in [2.45, 2.75) is 13.8 Å². The molecule has 0 saturated heterocycles. The molecule has 2 aromatic carbocycles. The normalized spacial score (nSPS) is 11.7. The van der Waals surface area contributed by atoms with Gasteiger partial charge in [-0.2, -0.15) is 0 Å². The van der Waals surface area contributed by atoms with E-state index in [-0.39, 0.29) is 0 Å². The van der Waals surface area contributed by atoms with Gasteiger partial charge in [0.25, 0.3) is 0 Å². The van der Waals surface area contributed by atoms with Crippen LogP contribution in [0.15, 0.2) is 72.0 Å².